The first-order valence-corrected chi connectivity index (χ1v) is 17.1. The molecule has 0 spiro atoms. The van der Waals surface area contributed by atoms with Gasteiger partial charge in [0.05, 0.1) is 5.60 Å². The average Bonchev–Trinajstić information content (AvgIpc) is 3.15. The lowest BCUT2D eigenvalue weighted by molar-refractivity contribution is -0.213. The zero-order valence-corrected chi connectivity index (χ0v) is 23.3. The van der Waals surface area contributed by atoms with Crippen LogP contribution in [0.5, 0.6) is 0 Å². The predicted molar refractivity (Wildman–Crippen MR) is 138 cm³/mol. The van der Waals surface area contributed by atoms with Gasteiger partial charge in [-0.3, -0.25) is 0 Å². The van der Waals surface area contributed by atoms with Crippen LogP contribution in [0.4, 0.5) is 0 Å². The molecule has 1 unspecified atom stereocenters. The van der Waals surface area contributed by atoms with Crippen LogP contribution in [0, 0.1) is 40.4 Å². The molecule has 4 aliphatic carbocycles. The monoisotopic (exact) mass is 462 g/mol. The van der Waals surface area contributed by atoms with Gasteiger partial charge in [0.1, 0.15) is 0 Å². The van der Waals surface area contributed by atoms with Crippen molar-refractivity contribution in [3.63, 3.8) is 0 Å². The van der Waals surface area contributed by atoms with Crippen molar-refractivity contribution in [2.75, 3.05) is 6.61 Å². The molecule has 0 aromatic carbocycles. The van der Waals surface area contributed by atoms with Gasteiger partial charge in [-0.1, -0.05) is 54.4 Å². The zero-order chi connectivity index (χ0) is 23.2. The maximum Gasteiger partial charge on any atom is 0.192 e. The molecular formula is C29H54O2Si. The van der Waals surface area contributed by atoms with Crippen LogP contribution in [0.3, 0.4) is 0 Å². The molecule has 186 valence electrons. The fourth-order valence-electron chi connectivity index (χ4n) is 10.3. The van der Waals surface area contributed by atoms with E-state index < -0.39 is 8.32 Å². The topological polar surface area (TPSA) is 29.5 Å². The molecule has 0 amide bonds. The Hall–Kier alpha value is 0.137. The summed E-state index contributed by atoms with van der Waals surface area (Å²) < 4.78 is 7.89. The second-order valence-electron chi connectivity index (χ2n) is 13.1. The molecular weight excluding hydrogens is 408 g/mol. The molecule has 4 saturated carbocycles. The highest BCUT2D eigenvalue weighted by atomic mass is 28.4. The first-order valence-electron chi connectivity index (χ1n) is 14.6. The number of aliphatic hydroxyl groups is 1. The summed E-state index contributed by atoms with van der Waals surface area (Å²) in [6.45, 7) is 15.4. The molecule has 4 aliphatic rings. The lowest BCUT2D eigenvalue weighted by atomic mass is 9.42. The van der Waals surface area contributed by atoms with Gasteiger partial charge in [0, 0.05) is 6.61 Å². The highest BCUT2D eigenvalue weighted by molar-refractivity contribution is 6.73. The summed E-state index contributed by atoms with van der Waals surface area (Å²) in [7, 11) is -1.71. The Morgan fingerprint density at radius 2 is 1.53 bits per heavy atom. The minimum absolute atomic E-state index is 0.136. The maximum absolute atomic E-state index is 9.71. The van der Waals surface area contributed by atoms with Crippen LogP contribution in [-0.2, 0) is 4.43 Å². The van der Waals surface area contributed by atoms with E-state index in [1.807, 2.05) is 0 Å². The largest absolute Gasteiger partial charge is 0.411 e. The summed E-state index contributed by atoms with van der Waals surface area (Å²) in [5.74, 6) is 3.84. The Morgan fingerprint density at radius 3 is 2.19 bits per heavy atom. The van der Waals surface area contributed by atoms with E-state index in [4.69, 9.17) is 4.43 Å². The molecule has 0 aliphatic heterocycles. The van der Waals surface area contributed by atoms with Crippen molar-refractivity contribution < 1.29 is 9.53 Å². The van der Waals surface area contributed by atoms with E-state index in [0.717, 1.165) is 30.1 Å². The van der Waals surface area contributed by atoms with Crippen LogP contribution in [-0.4, -0.2) is 25.6 Å². The van der Waals surface area contributed by atoms with Gasteiger partial charge in [-0.15, -0.1) is 0 Å². The SMILES string of the molecule is CC[Si](CC)(CC)O[C@@]12CCC3CCCC[C@]3(C)[C@H]1CC[C@]1(C)[C@@H]([C@H](C)CCO)CC[C@H]12. The van der Waals surface area contributed by atoms with Crippen molar-refractivity contribution in [2.45, 2.75) is 136 Å². The van der Waals surface area contributed by atoms with E-state index in [9.17, 15) is 5.11 Å². The third kappa shape index (κ3) is 3.70. The number of aliphatic hydroxyl groups excluding tert-OH is 1. The van der Waals surface area contributed by atoms with Crippen LogP contribution in [0.2, 0.25) is 18.1 Å². The van der Waals surface area contributed by atoms with Gasteiger partial charge in [0.15, 0.2) is 8.32 Å². The van der Waals surface area contributed by atoms with Crippen LogP contribution < -0.4 is 0 Å². The highest BCUT2D eigenvalue weighted by Crippen LogP contribution is 2.71. The van der Waals surface area contributed by atoms with Crippen molar-refractivity contribution in [1.82, 2.24) is 0 Å². The van der Waals surface area contributed by atoms with E-state index in [2.05, 4.69) is 41.5 Å². The van der Waals surface area contributed by atoms with Gasteiger partial charge in [-0.25, -0.2) is 0 Å². The fourth-order valence-corrected chi connectivity index (χ4v) is 13.4. The summed E-state index contributed by atoms with van der Waals surface area (Å²) in [6.07, 6.45) is 15.1. The lowest BCUT2D eigenvalue weighted by Gasteiger charge is -2.67. The van der Waals surface area contributed by atoms with E-state index in [0.29, 0.717) is 23.4 Å². The Bertz CT molecular complexity index is 639. The van der Waals surface area contributed by atoms with Crippen LogP contribution in [0.15, 0.2) is 0 Å². The van der Waals surface area contributed by atoms with Gasteiger partial charge in [-0.2, -0.15) is 0 Å². The molecule has 4 rings (SSSR count). The quantitative estimate of drug-likeness (QED) is 0.368. The smallest absolute Gasteiger partial charge is 0.192 e. The number of hydrogen-bond acceptors (Lipinski definition) is 2. The van der Waals surface area contributed by atoms with Gasteiger partial charge >= 0.3 is 0 Å². The number of fused-ring (bicyclic) bond motifs is 5. The Labute approximate surface area is 200 Å². The predicted octanol–water partition coefficient (Wildman–Crippen LogP) is 8.20. The van der Waals surface area contributed by atoms with Crippen LogP contribution >= 0.6 is 0 Å². The average molecular weight is 463 g/mol. The third-order valence-electron chi connectivity index (χ3n) is 12.3. The molecule has 0 aromatic rings. The Morgan fingerprint density at radius 1 is 0.844 bits per heavy atom. The summed E-state index contributed by atoms with van der Waals surface area (Å²) in [6, 6.07) is 3.84. The summed E-state index contributed by atoms with van der Waals surface area (Å²) in [4.78, 5) is 0. The molecule has 2 nitrogen and oxygen atoms in total. The normalized spacial score (nSPS) is 45.1. The summed E-state index contributed by atoms with van der Waals surface area (Å²) >= 11 is 0. The van der Waals surface area contributed by atoms with Gasteiger partial charge in [0.25, 0.3) is 0 Å². The van der Waals surface area contributed by atoms with Gasteiger partial charge < -0.3 is 9.53 Å². The minimum Gasteiger partial charge on any atom is -0.411 e. The molecule has 0 radical (unpaired) electrons. The summed E-state index contributed by atoms with van der Waals surface area (Å²) in [5, 5.41) is 9.71. The first kappa shape index (κ1) is 25.2. The Kier molecular flexibility index (Phi) is 7.34. The van der Waals surface area contributed by atoms with E-state index in [1.165, 1.54) is 82.3 Å². The number of hydrogen-bond donors (Lipinski definition) is 1. The molecule has 1 N–H and O–H groups in total. The lowest BCUT2D eigenvalue weighted by Crippen LogP contribution is -2.67. The van der Waals surface area contributed by atoms with Gasteiger partial charge in [-0.05, 0) is 116 Å². The van der Waals surface area contributed by atoms with Crippen molar-refractivity contribution in [1.29, 1.82) is 0 Å². The molecule has 32 heavy (non-hydrogen) atoms. The fraction of sp³-hybridized carbons (Fsp3) is 1.00. The second-order valence-corrected chi connectivity index (χ2v) is 17.8. The molecule has 4 fully saturated rings. The maximum atomic E-state index is 9.71. The second kappa shape index (κ2) is 9.30. The minimum atomic E-state index is -1.71. The Balaban J connectivity index is 1.77. The number of rotatable bonds is 8. The van der Waals surface area contributed by atoms with E-state index in [-0.39, 0.29) is 5.60 Å². The van der Waals surface area contributed by atoms with Crippen molar-refractivity contribution >= 4 is 8.32 Å². The molecule has 3 heteroatoms. The first-order chi connectivity index (χ1) is 15.2. The molecule has 0 aromatic heterocycles. The zero-order valence-electron chi connectivity index (χ0n) is 22.3. The standard InChI is InChI=1S/C29H54O2Si/c1-7-32(8-2,9-3)31-29-20-15-23-12-10-11-18-27(23,5)26(29)16-19-28(6)24(13-14-25(28)29)22(4)17-21-30/h22-26,30H,7-21H2,1-6H3/t22-,23?,24-,25-,26-,27+,28-,29-/m1/s1. The van der Waals surface area contributed by atoms with E-state index >= 15 is 0 Å². The van der Waals surface area contributed by atoms with Crippen molar-refractivity contribution in [2.24, 2.45) is 40.4 Å². The molecule has 0 saturated heterocycles. The molecule has 0 heterocycles. The molecule has 8 atom stereocenters. The summed E-state index contributed by atoms with van der Waals surface area (Å²) in [5.41, 5.74) is 1.04. The van der Waals surface area contributed by atoms with Crippen LogP contribution in [0.1, 0.15) is 112 Å². The highest BCUT2D eigenvalue weighted by Gasteiger charge is 2.68. The van der Waals surface area contributed by atoms with E-state index in [1.54, 1.807) is 0 Å². The van der Waals surface area contributed by atoms with Crippen molar-refractivity contribution in [3.05, 3.63) is 0 Å². The van der Waals surface area contributed by atoms with Crippen LogP contribution in [0.25, 0.3) is 0 Å². The molecule has 0 bridgehead atoms. The third-order valence-corrected chi connectivity index (χ3v) is 17.0. The van der Waals surface area contributed by atoms with Crippen molar-refractivity contribution in [3.8, 4) is 0 Å². The van der Waals surface area contributed by atoms with Gasteiger partial charge in [0.2, 0.25) is 0 Å².